The van der Waals surface area contributed by atoms with E-state index in [9.17, 15) is 4.79 Å². The molecule has 0 heterocycles. The molecule has 0 aliphatic heterocycles. The fourth-order valence-electron chi connectivity index (χ4n) is 2.07. The average Bonchev–Trinajstić information content (AvgIpc) is 2.60. The number of carbonyl (C=O) groups excluding carboxylic acids is 1. The lowest BCUT2D eigenvalue weighted by molar-refractivity contribution is 0.256. The van der Waals surface area contributed by atoms with Crippen LogP contribution >= 0.6 is 0 Å². The Bertz CT molecular complexity index is 715. The van der Waals surface area contributed by atoms with Crippen LogP contribution in [0.2, 0.25) is 0 Å². The van der Waals surface area contributed by atoms with E-state index in [4.69, 9.17) is 17.2 Å². The van der Waals surface area contributed by atoms with E-state index in [2.05, 4.69) is 0 Å². The summed E-state index contributed by atoms with van der Waals surface area (Å²) < 4.78 is 0. The van der Waals surface area contributed by atoms with E-state index in [1.54, 1.807) is 12.1 Å². The van der Waals surface area contributed by atoms with E-state index in [-0.39, 0.29) is 0 Å². The van der Waals surface area contributed by atoms with E-state index >= 15 is 0 Å². The van der Waals surface area contributed by atoms with Gasteiger partial charge in [0, 0.05) is 0 Å². The summed E-state index contributed by atoms with van der Waals surface area (Å²) in [6.07, 6.45) is 0. The normalized spacial score (nSPS) is 9.50. The summed E-state index contributed by atoms with van der Waals surface area (Å²) in [4.78, 5) is 12.9. The molecule has 5 heteroatoms. The minimum Gasteiger partial charge on any atom is -0.397 e. The highest BCUT2D eigenvalue weighted by atomic mass is 16.2. The first-order valence-electron chi connectivity index (χ1n) is 7.39. The Morgan fingerprint density at radius 1 is 0.625 bits per heavy atom. The summed E-state index contributed by atoms with van der Waals surface area (Å²) in [5.74, 6) is 0. The number of nitrogen functional groups attached to an aromatic ring is 2. The smallest absolute Gasteiger partial charge is 0.323 e. The van der Waals surface area contributed by atoms with Crippen molar-refractivity contribution in [3.05, 3.63) is 84.9 Å². The molecule has 0 aliphatic carbocycles. The summed E-state index contributed by atoms with van der Waals surface area (Å²) in [6.45, 7) is 0. The molecule has 3 aromatic rings. The number of primary amides is 1. The van der Waals surface area contributed by atoms with Gasteiger partial charge in [0.05, 0.1) is 22.7 Å². The van der Waals surface area contributed by atoms with Crippen LogP contribution in [0.4, 0.5) is 27.5 Å². The van der Waals surface area contributed by atoms with Crippen molar-refractivity contribution in [1.29, 1.82) is 0 Å². The lowest BCUT2D eigenvalue weighted by Gasteiger charge is -2.20. The second kappa shape index (κ2) is 8.24. The Hall–Kier alpha value is -3.47. The Labute approximate surface area is 141 Å². The largest absolute Gasteiger partial charge is 0.397 e. The van der Waals surface area contributed by atoms with Crippen molar-refractivity contribution < 1.29 is 4.79 Å². The van der Waals surface area contributed by atoms with Crippen molar-refractivity contribution in [3.8, 4) is 0 Å². The first-order valence-corrected chi connectivity index (χ1v) is 7.39. The molecule has 0 saturated heterocycles. The van der Waals surface area contributed by atoms with E-state index in [1.807, 2.05) is 72.8 Å². The van der Waals surface area contributed by atoms with Crippen LogP contribution < -0.4 is 22.1 Å². The van der Waals surface area contributed by atoms with Crippen molar-refractivity contribution in [2.45, 2.75) is 0 Å². The summed E-state index contributed by atoms with van der Waals surface area (Å²) in [5.41, 5.74) is 19.0. The minimum absolute atomic E-state index is 0.489. The molecule has 0 aliphatic rings. The lowest BCUT2D eigenvalue weighted by atomic mass is 10.2. The number of rotatable bonds is 2. The summed E-state index contributed by atoms with van der Waals surface area (Å²) in [5, 5.41) is 0. The molecule has 0 bridgehead atoms. The number of anilines is 4. The highest BCUT2D eigenvalue weighted by Gasteiger charge is 2.13. The monoisotopic (exact) mass is 320 g/mol. The molecule has 2 amide bonds. The second-order valence-electron chi connectivity index (χ2n) is 4.97. The maximum absolute atomic E-state index is 11.4. The van der Waals surface area contributed by atoms with Crippen LogP contribution in [0.15, 0.2) is 84.9 Å². The maximum Gasteiger partial charge on any atom is 0.323 e. The molecular weight excluding hydrogens is 300 g/mol. The highest BCUT2D eigenvalue weighted by Crippen LogP contribution is 2.24. The standard InChI is InChI=1S/C13H12N2O.C6H8N2/c14-13(16)15(11-7-3-1-4-8-11)12-9-5-2-6-10-12;7-5-3-1-2-4-6(5)8/h1-10H,(H2,14,16);1-4H,7-8H2. The van der Waals surface area contributed by atoms with E-state index in [0.29, 0.717) is 11.4 Å². The van der Waals surface area contributed by atoms with Crippen molar-refractivity contribution in [1.82, 2.24) is 0 Å². The van der Waals surface area contributed by atoms with E-state index < -0.39 is 6.03 Å². The molecule has 0 radical (unpaired) electrons. The first kappa shape index (κ1) is 16.9. The van der Waals surface area contributed by atoms with Gasteiger partial charge in [0.2, 0.25) is 0 Å². The van der Waals surface area contributed by atoms with Gasteiger partial charge in [-0.05, 0) is 36.4 Å². The number of para-hydroxylation sites is 4. The van der Waals surface area contributed by atoms with Crippen LogP contribution in [-0.2, 0) is 0 Å². The molecule has 6 N–H and O–H groups in total. The van der Waals surface area contributed by atoms with Crippen molar-refractivity contribution in [2.75, 3.05) is 16.4 Å². The predicted octanol–water partition coefficient (Wildman–Crippen LogP) is 3.75. The van der Waals surface area contributed by atoms with Gasteiger partial charge in [-0.25, -0.2) is 4.79 Å². The lowest BCUT2D eigenvalue weighted by Crippen LogP contribution is -2.31. The van der Waals surface area contributed by atoms with Gasteiger partial charge in [0.15, 0.2) is 0 Å². The van der Waals surface area contributed by atoms with E-state index in [1.165, 1.54) is 4.90 Å². The maximum atomic E-state index is 11.4. The minimum atomic E-state index is -0.489. The number of urea groups is 1. The van der Waals surface area contributed by atoms with Gasteiger partial charge < -0.3 is 17.2 Å². The van der Waals surface area contributed by atoms with Gasteiger partial charge in [0.1, 0.15) is 0 Å². The molecule has 0 saturated carbocycles. The molecule has 0 aromatic heterocycles. The van der Waals surface area contributed by atoms with Crippen LogP contribution in [-0.4, -0.2) is 6.03 Å². The molecule has 0 fully saturated rings. The zero-order chi connectivity index (χ0) is 17.4. The summed E-state index contributed by atoms with van der Waals surface area (Å²) >= 11 is 0. The predicted molar refractivity (Wildman–Crippen MR) is 99.9 cm³/mol. The van der Waals surface area contributed by atoms with E-state index in [0.717, 1.165) is 11.4 Å². The third kappa shape index (κ3) is 4.51. The molecule has 3 rings (SSSR count). The Balaban J connectivity index is 0.000000219. The fraction of sp³-hybridized carbons (Fsp3) is 0. The van der Waals surface area contributed by atoms with Gasteiger partial charge in [-0.1, -0.05) is 48.5 Å². The number of carbonyl (C=O) groups is 1. The number of nitrogens with zero attached hydrogens (tertiary/aromatic N) is 1. The topological polar surface area (TPSA) is 98.4 Å². The third-order valence-electron chi connectivity index (χ3n) is 3.25. The van der Waals surface area contributed by atoms with Gasteiger partial charge >= 0.3 is 6.03 Å². The quantitative estimate of drug-likeness (QED) is 0.627. The molecule has 3 aromatic carbocycles. The molecule has 0 spiro atoms. The molecule has 5 nitrogen and oxygen atoms in total. The molecule has 0 atom stereocenters. The van der Waals surface area contributed by atoms with Crippen LogP contribution in [0.5, 0.6) is 0 Å². The molecule has 24 heavy (non-hydrogen) atoms. The molecule has 0 unspecified atom stereocenters. The number of nitrogens with two attached hydrogens (primary N) is 3. The Morgan fingerprint density at radius 3 is 1.25 bits per heavy atom. The first-order chi connectivity index (χ1) is 11.6. The van der Waals surface area contributed by atoms with Crippen LogP contribution in [0.3, 0.4) is 0 Å². The Kier molecular flexibility index (Phi) is 5.80. The van der Waals surface area contributed by atoms with Crippen molar-refractivity contribution >= 4 is 28.8 Å². The SMILES string of the molecule is NC(=O)N(c1ccccc1)c1ccccc1.Nc1ccccc1N. The summed E-state index contributed by atoms with van der Waals surface area (Å²) in [7, 11) is 0. The zero-order valence-electron chi connectivity index (χ0n) is 13.2. The van der Waals surface area contributed by atoms with Crippen LogP contribution in [0.25, 0.3) is 0 Å². The fourth-order valence-corrected chi connectivity index (χ4v) is 2.07. The van der Waals surface area contributed by atoms with Crippen LogP contribution in [0.1, 0.15) is 0 Å². The summed E-state index contributed by atoms with van der Waals surface area (Å²) in [6, 6.07) is 25.4. The molecule has 122 valence electrons. The number of hydrogen-bond acceptors (Lipinski definition) is 3. The van der Waals surface area contributed by atoms with Gasteiger partial charge in [-0.3, -0.25) is 4.90 Å². The van der Waals surface area contributed by atoms with Gasteiger partial charge in [0.25, 0.3) is 0 Å². The molecular formula is C19H20N4O. The number of amides is 2. The number of benzene rings is 3. The van der Waals surface area contributed by atoms with Crippen molar-refractivity contribution in [3.63, 3.8) is 0 Å². The third-order valence-corrected chi connectivity index (χ3v) is 3.25. The van der Waals surface area contributed by atoms with Crippen LogP contribution in [0, 0.1) is 0 Å². The average molecular weight is 320 g/mol. The van der Waals surface area contributed by atoms with Crippen molar-refractivity contribution in [2.24, 2.45) is 5.73 Å². The highest BCUT2D eigenvalue weighted by molar-refractivity contribution is 5.98. The van der Waals surface area contributed by atoms with Gasteiger partial charge in [-0.2, -0.15) is 0 Å². The second-order valence-corrected chi connectivity index (χ2v) is 4.97. The zero-order valence-corrected chi connectivity index (χ0v) is 13.2. The Morgan fingerprint density at radius 2 is 0.958 bits per heavy atom. The van der Waals surface area contributed by atoms with Gasteiger partial charge in [-0.15, -0.1) is 0 Å². The number of hydrogen-bond donors (Lipinski definition) is 3.